The highest BCUT2D eigenvalue weighted by molar-refractivity contribution is 5.77. The zero-order valence-electron chi connectivity index (χ0n) is 12.3. The van der Waals surface area contributed by atoms with Crippen LogP contribution in [0.2, 0.25) is 0 Å². The fourth-order valence-corrected chi connectivity index (χ4v) is 2.65. The number of carbonyl (C=O) groups is 1. The largest absolute Gasteiger partial charge is 0.343 e. The maximum atomic E-state index is 12.5. The van der Waals surface area contributed by atoms with Crippen molar-refractivity contribution in [1.82, 2.24) is 19.6 Å². The molecule has 1 saturated heterocycles. The Hall–Kier alpha value is -2.14. The van der Waals surface area contributed by atoms with Crippen molar-refractivity contribution < 1.29 is 4.79 Å². The molecule has 0 aliphatic carbocycles. The molecule has 5 nitrogen and oxygen atoms in total. The highest BCUT2D eigenvalue weighted by Gasteiger charge is 2.20. The number of hydrazine groups is 1. The van der Waals surface area contributed by atoms with E-state index in [2.05, 4.69) is 9.99 Å². The number of benzene rings is 1. The second-order valence-electron chi connectivity index (χ2n) is 5.35. The van der Waals surface area contributed by atoms with Crippen molar-refractivity contribution in [2.45, 2.75) is 19.3 Å². The molecule has 2 heterocycles. The molecule has 2 aromatic rings. The Morgan fingerprint density at radius 2 is 1.86 bits per heavy atom. The van der Waals surface area contributed by atoms with E-state index in [0.717, 1.165) is 37.2 Å². The zero-order chi connectivity index (χ0) is 14.7. The predicted molar refractivity (Wildman–Crippen MR) is 81.6 cm³/mol. The smallest absolute Gasteiger partial charge is 0.259 e. The van der Waals surface area contributed by atoms with Crippen molar-refractivity contribution in [2.75, 3.05) is 20.1 Å². The van der Waals surface area contributed by atoms with Gasteiger partial charge in [0.25, 0.3) is 0 Å². The summed E-state index contributed by atoms with van der Waals surface area (Å²) in [5.74, 6) is 0. The minimum atomic E-state index is -0.0634. The molecule has 1 aliphatic rings. The lowest BCUT2D eigenvalue weighted by molar-refractivity contribution is 0.0196. The van der Waals surface area contributed by atoms with E-state index in [1.54, 1.807) is 22.1 Å². The van der Waals surface area contributed by atoms with Crippen molar-refractivity contribution in [1.29, 1.82) is 0 Å². The molecular formula is C16H20N4O. The highest BCUT2D eigenvalue weighted by atomic mass is 16.2. The molecule has 5 heteroatoms. The third-order valence-corrected chi connectivity index (χ3v) is 3.91. The molecule has 1 aliphatic heterocycles. The first-order valence-corrected chi connectivity index (χ1v) is 7.38. The van der Waals surface area contributed by atoms with Crippen molar-refractivity contribution in [3.8, 4) is 11.3 Å². The van der Waals surface area contributed by atoms with Gasteiger partial charge in [-0.1, -0.05) is 36.8 Å². The predicted octanol–water partition coefficient (Wildman–Crippen LogP) is 2.85. The van der Waals surface area contributed by atoms with Gasteiger partial charge in [0.2, 0.25) is 0 Å². The average molecular weight is 284 g/mol. The number of aromatic nitrogens is 2. The van der Waals surface area contributed by atoms with Crippen LogP contribution in [0, 0.1) is 0 Å². The summed E-state index contributed by atoms with van der Waals surface area (Å²) in [5.41, 5.74) is 1.83. The lowest BCUT2D eigenvalue weighted by atomic mass is 10.2. The van der Waals surface area contributed by atoms with Crippen LogP contribution in [0.25, 0.3) is 11.3 Å². The number of nitrogens with zero attached hydrogens (tertiary/aromatic N) is 4. The number of hydrogen-bond donors (Lipinski definition) is 0. The minimum Gasteiger partial charge on any atom is -0.259 e. The van der Waals surface area contributed by atoms with Crippen molar-refractivity contribution in [3.05, 3.63) is 42.9 Å². The van der Waals surface area contributed by atoms with E-state index in [1.165, 1.54) is 6.42 Å². The second-order valence-corrected chi connectivity index (χ2v) is 5.35. The monoisotopic (exact) mass is 284 g/mol. The summed E-state index contributed by atoms with van der Waals surface area (Å²) in [4.78, 5) is 16.8. The molecule has 0 saturated carbocycles. The topological polar surface area (TPSA) is 41.4 Å². The third-order valence-electron chi connectivity index (χ3n) is 3.91. The van der Waals surface area contributed by atoms with Crippen LogP contribution in [-0.4, -0.2) is 45.7 Å². The summed E-state index contributed by atoms with van der Waals surface area (Å²) < 4.78 is 1.55. The Balaban J connectivity index is 1.74. The Kier molecular flexibility index (Phi) is 4.01. The van der Waals surface area contributed by atoms with Gasteiger partial charge < -0.3 is 0 Å². The zero-order valence-corrected chi connectivity index (χ0v) is 12.3. The number of amides is 1. The van der Waals surface area contributed by atoms with Gasteiger partial charge >= 0.3 is 6.03 Å². The van der Waals surface area contributed by atoms with Crippen LogP contribution in [-0.2, 0) is 0 Å². The number of imidazole rings is 1. The van der Waals surface area contributed by atoms with Crippen LogP contribution < -0.4 is 0 Å². The van der Waals surface area contributed by atoms with E-state index in [1.807, 2.05) is 37.4 Å². The standard InChI is InChI=1S/C16H20N4O/c1-18(20-10-6-3-7-11-20)16(21)19-12-15(17-13-19)14-8-4-2-5-9-14/h2,4-5,8-9,12-13H,3,6-7,10-11H2,1H3. The fourth-order valence-electron chi connectivity index (χ4n) is 2.65. The highest BCUT2D eigenvalue weighted by Crippen LogP contribution is 2.17. The molecule has 0 spiro atoms. The first-order chi connectivity index (χ1) is 10.3. The molecule has 21 heavy (non-hydrogen) atoms. The Labute approximate surface area is 124 Å². The molecule has 1 aromatic carbocycles. The summed E-state index contributed by atoms with van der Waals surface area (Å²) in [7, 11) is 1.83. The number of hydrogen-bond acceptors (Lipinski definition) is 3. The molecule has 1 fully saturated rings. The molecule has 1 amide bonds. The van der Waals surface area contributed by atoms with Gasteiger partial charge in [0.05, 0.1) is 5.69 Å². The molecule has 110 valence electrons. The maximum Gasteiger partial charge on any atom is 0.343 e. The Bertz CT molecular complexity index is 602. The van der Waals surface area contributed by atoms with Gasteiger partial charge in [-0.25, -0.2) is 14.8 Å². The summed E-state index contributed by atoms with van der Waals surface area (Å²) in [6, 6.07) is 9.82. The molecule has 0 unspecified atom stereocenters. The van der Waals surface area contributed by atoms with Crippen LogP contribution in [0.5, 0.6) is 0 Å². The van der Waals surface area contributed by atoms with Gasteiger partial charge in [-0.3, -0.25) is 9.58 Å². The van der Waals surface area contributed by atoms with Gasteiger partial charge in [-0.2, -0.15) is 0 Å². The molecule has 0 radical (unpaired) electrons. The summed E-state index contributed by atoms with van der Waals surface area (Å²) >= 11 is 0. The van der Waals surface area contributed by atoms with Crippen LogP contribution in [0.3, 0.4) is 0 Å². The van der Waals surface area contributed by atoms with E-state index in [4.69, 9.17) is 0 Å². The van der Waals surface area contributed by atoms with Crippen LogP contribution in [0.1, 0.15) is 19.3 Å². The van der Waals surface area contributed by atoms with Gasteiger partial charge in [-0.05, 0) is 12.8 Å². The summed E-state index contributed by atoms with van der Waals surface area (Å²) in [6.07, 6.45) is 6.93. The normalized spacial score (nSPS) is 15.9. The van der Waals surface area contributed by atoms with Gasteiger partial charge in [0.1, 0.15) is 6.33 Å². The molecule has 0 N–H and O–H groups in total. The first-order valence-electron chi connectivity index (χ1n) is 7.38. The molecule has 3 rings (SSSR count). The average Bonchev–Trinajstić information content (AvgIpc) is 3.05. The minimum absolute atomic E-state index is 0.0634. The Morgan fingerprint density at radius 3 is 2.57 bits per heavy atom. The van der Waals surface area contributed by atoms with Crippen LogP contribution >= 0.6 is 0 Å². The molecule has 1 aromatic heterocycles. The van der Waals surface area contributed by atoms with Gasteiger partial charge in [0, 0.05) is 31.9 Å². The second kappa shape index (κ2) is 6.10. The molecular weight excluding hydrogens is 264 g/mol. The SMILES string of the molecule is CN(C(=O)n1cnc(-c2ccccc2)c1)N1CCCCC1. The number of piperidine rings is 1. The van der Waals surface area contributed by atoms with Crippen LogP contribution in [0.4, 0.5) is 4.79 Å². The summed E-state index contributed by atoms with van der Waals surface area (Å²) in [6.45, 7) is 1.89. The lowest BCUT2D eigenvalue weighted by Crippen LogP contribution is -2.47. The fraction of sp³-hybridized carbons (Fsp3) is 0.375. The van der Waals surface area contributed by atoms with E-state index < -0.39 is 0 Å². The lowest BCUT2D eigenvalue weighted by Gasteiger charge is -2.34. The molecule has 0 atom stereocenters. The maximum absolute atomic E-state index is 12.5. The third kappa shape index (κ3) is 2.97. The van der Waals surface area contributed by atoms with E-state index in [-0.39, 0.29) is 6.03 Å². The van der Waals surface area contributed by atoms with E-state index in [0.29, 0.717) is 0 Å². The van der Waals surface area contributed by atoms with E-state index >= 15 is 0 Å². The quantitative estimate of drug-likeness (QED) is 0.851. The van der Waals surface area contributed by atoms with Crippen LogP contribution in [0.15, 0.2) is 42.9 Å². The summed E-state index contributed by atoms with van der Waals surface area (Å²) in [5, 5.41) is 3.81. The van der Waals surface area contributed by atoms with E-state index in [9.17, 15) is 4.79 Å². The van der Waals surface area contributed by atoms with Gasteiger partial charge in [0.15, 0.2) is 0 Å². The molecule has 0 bridgehead atoms. The van der Waals surface area contributed by atoms with Crippen molar-refractivity contribution >= 4 is 6.03 Å². The van der Waals surface area contributed by atoms with Gasteiger partial charge in [-0.15, -0.1) is 0 Å². The Morgan fingerprint density at radius 1 is 1.14 bits per heavy atom. The number of rotatable bonds is 2. The first kappa shape index (κ1) is 13.8. The van der Waals surface area contributed by atoms with Crippen molar-refractivity contribution in [3.63, 3.8) is 0 Å². The number of carbonyl (C=O) groups excluding carboxylic acids is 1. The van der Waals surface area contributed by atoms with Crippen molar-refractivity contribution in [2.24, 2.45) is 0 Å².